The number of carbonyl (C=O) groups excluding carboxylic acids is 1. The lowest BCUT2D eigenvalue weighted by Gasteiger charge is -2.23. The number of carboxylic acids is 1. The first-order valence-electron chi connectivity index (χ1n) is 7.84. The predicted molar refractivity (Wildman–Crippen MR) is 94.3 cm³/mol. The Balaban J connectivity index is 2.25. The van der Waals surface area contributed by atoms with Gasteiger partial charge in [-0.25, -0.2) is 0 Å². The number of hydrogen-bond donors (Lipinski definition) is 1. The molecular weight excluding hydrogens is 326 g/mol. The lowest BCUT2D eigenvalue weighted by molar-refractivity contribution is -0.137. The Morgan fingerprint density at radius 2 is 1.75 bits per heavy atom. The van der Waals surface area contributed by atoms with Gasteiger partial charge in [0.15, 0.2) is 0 Å². The van der Waals surface area contributed by atoms with E-state index >= 15 is 0 Å². The van der Waals surface area contributed by atoms with Gasteiger partial charge in [-0.2, -0.15) is 0 Å². The summed E-state index contributed by atoms with van der Waals surface area (Å²) in [6.07, 6.45) is 0.656. The number of amides is 1. The van der Waals surface area contributed by atoms with Gasteiger partial charge in [0, 0.05) is 23.7 Å². The van der Waals surface area contributed by atoms with Gasteiger partial charge in [0.25, 0.3) is 5.91 Å². The Morgan fingerprint density at radius 1 is 1.08 bits per heavy atom. The predicted octanol–water partition coefficient (Wildman–Crippen LogP) is 4.02. The van der Waals surface area contributed by atoms with E-state index in [9.17, 15) is 9.59 Å². The van der Waals surface area contributed by atoms with Crippen molar-refractivity contribution < 1.29 is 14.7 Å². The van der Waals surface area contributed by atoms with Gasteiger partial charge in [0.2, 0.25) is 0 Å². The molecule has 0 saturated carbocycles. The molecule has 0 aliphatic carbocycles. The zero-order chi connectivity index (χ0) is 17.5. The molecule has 4 nitrogen and oxygen atoms in total. The standard InChI is InChI=1S/C19H20ClNO3/c1-2-15-5-3-4-6-17(15)19(24)21(12-11-18(22)23)13-14-7-9-16(20)10-8-14/h3-10H,2,11-13H2,1H3,(H,22,23). The fourth-order valence-electron chi connectivity index (χ4n) is 2.50. The zero-order valence-corrected chi connectivity index (χ0v) is 14.3. The summed E-state index contributed by atoms with van der Waals surface area (Å²) in [5.74, 6) is -1.07. The molecule has 0 unspecified atom stereocenters. The molecule has 0 spiro atoms. The number of carbonyl (C=O) groups is 2. The molecule has 1 amide bonds. The van der Waals surface area contributed by atoms with Crippen LogP contribution in [0.1, 0.15) is 34.8 Å². The van der Waals surface area contributed by atoms with E-state index < -0.39 is 5.97 Å². The van der Waals surface area contributed by atoms with Crippen molar-refractivity contribution in [2.75, 3.05) is 6.54 Å². The smallest absolute Gasteiger partial charge is 0.305 e. The Kier molecular flexibility index (Phi) is 6.38. The zero-order valence-electron chi connectivity index (χ0n) is 13.5. The molecule has 0 aliphatic heterocycles. The number of rotatable bonds is 7. The molecule has 0 radical (unpaired) electrons. The van der Waals surface area contributed by atoms with Crippen LogP contribution in [-0.2, 0) is 17.8 Å². The maximum atomic E-state index is 12.9. The Bertz CT molecular complexity index is 713. The fourth-order valence-corrected chi connectivity index (χ4v) is 2.63. The quantitative estimate of drug-likeness (QED) is 0.824. The first kappa shape index (κ1) is 18.0. The van der Waals surface area contributed by atoms with Crippen LogP contribution in [0.3, 0.4) is 0 Å². The monoisotopic (exact) mass is 345 g/mol. The molecule has 1 N–H and O–H groups in total. The van der Waals surface area contributed by atoms with Crippen molar-refractivity contribution in [1.29, 1.82) is 0 Å². The van der Waals surface area contributed by atoms with Gasteiger partial charge in [-0.05, 0) is 35.7 Å². The minimum Gasteiger partial charge on any atom is -0.481 e. The van der Waals surface area contributed by atoms with Gasteiger partial charge < -0.3 is 10.0 Å². The first-order chi connectivity index (χ1) is 11.5. The molecule has 0 saturated heterocycles. The van der Waals surface area contributed by atoms with E-state index in [0.29, 0.717) is 17.1 Å². The number of carboxylic acid groups (broad SMARTS) is 1. The first-order valence-corrected chi connectivity index (χ1v) is 8.22. The average Bonchev–Trinajstić information content (AvgIpc) is 2.59. The van der Waals surface area contributed by atoms with E-state index in [1.54, 1.807) is 23.1 Å². The van der Waals surface area contributed by atoms with Crippen LogP contribution < -0.4 is 0 Å². The molecular formula is C19H20ClNO3. The molecule has 0 aromatic heterocycles. The number of nitrogens with zero attached hydrogens (tertiary/aromatic N) is 1. The number of aliphatic carboxylic acids is 1. The van der Waals surface area contributed by atoms with Crippen molar-refractivity contribution >= 4 is 23.5 Å². The van der Waals surface area contributed by atoms with Crippen LogP contribution in [0.15, 0.2) is 48.5 Å². The van der Waals surface area contributed by atoms with Gasteiger partial charge in [0.05, 0.1) is 6.42 Å². The van der Waals surface area contributed by atoms with E-state index in [1.807, 2.05) is 37.3 Å². The Labute approximate surface area is 146 Å². The SMILES string of the molecule is CCc1ccccc1C(=O)N(CCC(=O)O)Cc1ccc(Cl)cc1. The maximum absolute atomic E-state index is 12.9. The molecule has 2 aromatic rings. The van der Waals surface area contributed by atoms with Gasteiger partial charge in [-0.15, -0.1) is 0 Å². The van der Waals surface area contributed by atoms with E-state index in [-0.39, 0.29) is 18.9 Å². The second kappa shape index (κ2) is 8.50. The van der Waals surface area contributed by atoms with Gasteiger partial charge in [-0.3, -0.25) is 9.59 Å². The van der Waals surface area contributed by atoms with Gasteiger partial charge >= 0.3 is 5.97 Å². The molecule has 0 atom stereocenters. The van der Waals surface area contributed by atoms with Crippen molar-refractivity contribution in [2.45, 2.75) is 26.3 Å². The molecule has 5 heteroatoms. The maximum Gasteiger partial charge on any atom is 0.305 e. The van der Waals surface area contributed by atoms with Gasteiger partial charge in [0.1, 0.15) is 0 Å². The van der Waals surface area contributed by atoms with Crippen LogP contribution in [0.25, 0.3) is 0 Å². The minimum atomic E-state index is -0.923. The average molecular weight is 346 g/mol. The van der Waals surface area contributed by atoms with Crippen molar-refractivity contribution in [3.8, 4) is 0 Å². The second-order valence-electron chi connectivity index (χ2n) is 5.51. The molecule has 0 bridgehead atoms. The molecule has 2 rings (SSSR count). The molecule has 24 heavy (non-hydrogen) atoms. The molecule has 0 aliphatic rings. The summed E-state index contributed by atoms with van der Waals surface area (Å²) < 4.78 is 0. The van der Waals surface area contributed by atoms with E-state index in [0.717, 1.165) is 17.5 Å². The highest BCUT2D eigenvalue weighted by Gasteiger charge is 2.19. The van der Waals surface area contributed by atoms with Crippen LogP contribution in [0, 0.1) is 0 Å². The lowest BCUT2D eigenvalue weighted by atomic mass is 10.0. The van der Waals surface area contributed by atoms with Crippen LogP contribution in [-0.4, -0.2) is 28.4 Å². The fraction of sp³-hybridized carbons (Fsp3) is 0.263. The number of halogens is 1. The molecule has 2 aromatic carbocycles. The van der Waals surface area contributed by atoms with Gasteiger partial charge in [-0.1, -0.05) is 48.9 Å². The summed E-state index contributed by atoms with van der Waals surface area (Å²) in [7, 11) is 0. The van der Waals surface area contributed by atoms with E-state index in [2.05, 4.69) is 0 Å². The summed E-state index contributed by atoms with van der Waals surface area (Å²) in [6, 6.07) is 14.6. The van der Waals surface area contributed by atoms with Crippen LogP contribution in [0.4, 0.5) is 0 Å². The van der Waals surface area contributed by atoms with E-state index in [4.69, 9.17) is 16.7 Å². The summed E-state index contributed by atoms with van der Waals surface area (Å²) in [5.41, 5.74) is 2.49. The third-order valence-corrected chi connectivity index (χ3v) is 4.05. The van der Waals surface area contributed by atoms with Crippen molar-refractivity contribution in [2.24, 2.45) is 0 Å². The van der Waals surface area contributed by atoms with E-state index in [1.165, 1.54) is 0 Å². The highest BCUT2D eigenvalue weighted by Crippen LogP contribution is 2.17. The number of hydrogen-bond acceptors (Lipinski definition) is 2. The van der Waals surface area contributed by atoms with Crippen molar-refractivity contribution in [3.05, 3.63) is 70.2 Å². The van der Waals surface area contributed by atoms with Crippen LogP contribution in [0.2, 0.25) is 5.02 Å². The minimum absolute atomic E-state index is 0.0897. The Hall–Kier alpha value is -2.33. The summed E-state index contributed by atoms with van der Waals surface area (Å²) in [6.45, 7) is 2.50. The highest BCUT2D eigenvalue weighted by molar-refractivity contribution is 6.30. The van der Waals surface area contributed by atoms with Crippen LogP contribution in [0.5, 0.6) is 0 Å². The number of aryl methyl sites for hydroxylation is 1. The summed E-state index contributed by atoms with van der Waals surface area (Å²) >= 11 is 5.89. The summed E-state index contributed by atoms with van der Waals surface area (Å²) in [4.78, 5) is 25.4. The largest absolute Gasteiger partial charge is 0.481 e. The third-order valence-electron chi connectivity index (χ3n) is 3.80. The molecule has 0 heterocycles. The highest BCUT2D eigenvalue weighted by atomic mass is 35.5. The third kappa shape index (κ3) is 4.83. The van der Waals surface area contributed by atoms with Crippen molar-refractivity contribution in [1.82, 2.24) is 4.90 Å². The topological polar surface area (TPSA) is 57.6 Å². The van der Waals surface area contributed by atoms with Crippen molar-refractivity contribution in [3.63, 3.8) is 0 Å². The second-order valence-corrected chi connectivity index (χ2v) is 5.94. The molecule has 0 fully saturated rings. The molecule has 126 valence electrons. The number of benzene rings is 2. The normalized spacial score (nSPS) is 10.4. The Morgan fingerprint density at radius 3 is 2.38 bits per heavy atom. The van der Waals surface area contributed by atoms with Crippen LogP contribution >= 0.6 is 11.6 Å². The summed E-state index contributed by atoms with van der Waals surface area (Å²) in [5, 5.41) is 9.59. The lowest BCUT2D eigenvalue weighted by Crippen LogP contribution is -2.33.